The number of methoxy groups -OCH3 is 1. The summed E-state index contributed by atoms with van der Waals surface area (Å²) in [4.78, 5) is 15.2. The van der Waals surface area contributed by atoms with Crippen LogP contribution in [0.5, 0.6) is 5.75 Å². The van der Waals surface area contributed by atoms with Gasteiger partial charge in [0.05, 0.1) is 12.8 Å². The highest BCUT2D eigenvalue weighted by Gasteiger charge is 2.24. The Morgan fingerprint density at radius 1 is 1.14 bits per heavy atom. The molecule has 0 bridgehead atoms. The number of benzene rings is 2. The second kappa shape index (κ2) is 6.93. The van der Waals surface area contributed by atoms with Crippen LogP contribution in [0.2, 0.25) is 0 Å². The first-order valence-electron chi connectivity index (χ1n) is 9.22. The van der Waals surface area contributed by atoms with Crippen molar-refractivity contribution in [3.8, 4) is 28.1 Å². The summed E-state index contributed by atoms with van der Waals surface area (Å²) < 4.78 is 7.30. The van der Waals surface area contributed by atoms with E-state index in [2.05, 4.69) is 28.6 Å². The zero-order valence-electron chi connectivity index (χ0n) is 16.1. The van der Waals surface area contributed by atoms with Gasteiger partial charge in [0.15, 0.2) is 0 Å². The van der Waals surface area contributed by atoms with E-state index in [1.165, 1.54) is 0 Å². The van der Waals surface area contributed by atoms with Crippen molar-refractivity contribution in [2.24, 2.45) is 7.05 Å². The van der Waals surface area contributed by atoms with E-state index in [9.17, 15) is 9.90 Å². The van der Waals surface area contributed by atoms with Crippen LogP contribution in [0.25, 0.3) is 33.3 Å². The summed E-state index contributed by atoms with van der Waals surface area (Å²) in [5, 5.41) is 11.0. The maximum atomic E-state index is 12.0. The first-order chi connectivity index (χ1) is 13.5. The van der Waals surface area contributed by atoms with Gasteiger partial charge < -0.3 is 19.4 Å². The second-order valence-electron chi connectivity index (χ2n) is 6.78. The molecule has 0 saturated carbocycles. The molecule has 0 aliphatic heterocycles. The molecule has 0 fully saturated rings. The van der Waals surface area contributed by atoms with Gasteiger partial charge in [0.2, 0.25) is 0 Å². The van der Waals surface area contributed by atoms with Crippen molar-refractivity contribution in [3.63, 3.8) is 0 Å². The SMILES string of the molecule is CCc1c(-c2cccc3c2ccn3C)[nH]c(C(=O)O)c1-c1ccc(OC)cc1. The van der Waals surface area contributed by atoms with E-state index < -0.39 is 5.97 Å². The number of fused-ring (bicyclic) bond motifs is 1. The molecule has 2 aromatic carbocycles. The van der Waals surface area contributed by atoms with E-state index in [1.807, 2.05) is 49.6 Å². The number of nitrogens with zero attached hydrogens (tertiary/aromatic N) is 1. The number of H-pyrrole nitrogens is 1. The molecule has 0 saturated heterocycles. The normalized spacial score (nSPS) is 11.1. The van der Waals surface area contributed by atoms with E-state index in [4.69, 9.17) is 4.74 Å². The van der Waals surface area contributed by atoms with Gasteiger partial charge >= 0.3 is 5.97 Å². The zero-order chi connectivity index (χ0) is 19.8. The van der Waals surface area contributed by atoms with Crippen LogP contribution in [0.4, 0.5) is 0 Å². The summed E-state index contributed by atoms with van der Waals surface area (Å²) in [5.41, 5.74) is 5.79. The van der Waals surface area contributed by atoms with Crippen LogP contribution in [-0.2, 0) is 13.5 Å². The lowest BCUT2D eigenvalue weighted by atomic mass is 9.95. The van der Waals surface area contributed by atoms with Gasteiger partial charge in [0.1, 0.15) is 11.4 Å². The van der Waals surface area contributed by atoms with Crippen molar-refractivity contribution in [1.29, 1.82) is 0 Å². The molecule has 0 radical (unpaired) electrons. The summed E-state index contributed by atoms with van der Waals surface area (Å²) in [6, 6.07) is 15.7. The molecule has 0 unspecified atom stereocenters. The lowest BCUT2D eigenvalue weighted by Gasteiger charge is -2.08. The highest BCUT2D eigenvalue weighted by molar-refractivity contribution is 6.02. The molecule has 0 amide bonds. The fourth-order valence-electron chi connectivity index (χ4n) is 3.88. The average Bonchev–Trinajstić information content (AvgIpc) is 3.29. The number of nitrogens with one attached hydrogen (secondary N) is 1. The quantitative estimate of drug-likeness (QED) is 0.510. The number of ether oxygens (including phenoxy) is 1. The minimum absolute atomic E-state index is 0.213. The van der Waals surface area contributed by atoms with Crippen LogP contribution < -0.4 is 4.74 Å². The molecule has 0 atom stereocenters. The third-order valence-corrected chi connectivity index (χ3v) is 5.25. The number of aryl methyl sites for hydroxylation is 1. The van der Waals surface area contributed by atoms with Gasteiger partial charge in [-0.25, -0.2) is 4.79 Å². The predicted octanol–water partition coefficient (Wildman–Crippen LogP) is 5.11. The molecule has 5 heteroatoms. The monoisotopic (exact) mass is 374 g/mol. The molecule has 142 valence electrons. The fourth-order valence-corrected chi connectivity index (χ4v) is 3.88. The lowest BCUT2D eigenvalue weighted by Crippen LogP contribution is -1.99. The lowest BCUT2D eigenvalue weighted by molar-refractivity contribution is 0.0692. The molecule has 0 aliphatic rings. The number of aromatic nitrogens is 2. The molecule has 0 aliphatic carbocycles. The molecular formula is C23H22N2O3. The highest BCUT2D eigenvalue weighted by Crippen LogP contribution is 2.39. The maximum Gasteiger partial charge on any atom is 0.352 e. The largest absolute Gasteiger partial charge is 0.497 e. The minimum atomic E-state index is -0.966. The molecule has 4 aromatic rings. The number of hydrogen-bond donors (Lipinski definition) is 2. The topological polar surface area (TPSA) is 67.2 Å². The van der Waals surface area contributed by atoms with Gasteiger partial charge in [-0.2, -0.15) is 0 Å². The Morgan fingerprint density at radius 3 is 2.54 bits per heavy atom. The Bertz CT molecular complexity index is 1170. The van der Waals surface area contributed by atoms with Gasteiger partial charge in [0.25, 0.3) is 0 Å². The molecule has 2 aromatic heterocycles. The van der Waals surface area contributed by atoms with E-state index in [0.717, 1.165) is 44.6 Å². The third-order valence-electron chi connectivity index (χ3n) is 5.25. The molecular weight excluding hydrogens is 352 g/mol. The number of rotatable bonds is 5. The van der Waals surface area contributed by atoms with Crippen LogP contribution in [0.15, 0.2) is 54.7 Å². The van der Waals surface area contributed by atoms with E-state index in [1.54, 1.807) is 7.11 Å². The van der Waals surface area contributed by atoms with Gasteiger partial charge in [-0.05, 0) is 41.8 Å². The van der Waals surface area contributed by atoms with Crippen LogP contribution in [0.1, 0.15) is 23.0 Å². The number of carbonyl (C=O) groups is 1. The Balaban J connectivity index is 2.00. The number of aromatic carboxylic acids is 1. The van der Waals surface area contributed by atoms with Crippen molar-refractivity contribution in [2.75, 3.05) is 7.11 Å². The first kappa shape index (κ1) is 17.9. The van der Waals surface area contributed by atoms with Gasteiger partial charge in [-0.3, -0.25) is 0 Å². The third kappa shape index (κ3) is 2.76. The van der Waals surface area contributed by atoms with Gasteiger partial charge in [-0.1, -0.05) is 31.2 Å². The van der Waals surface area contributed by atoms with Crippen molar-refractivity contribution < 1.29 is 14.6 Å². The molecule has 2 N–H and O–H groups in total. The minimum Gasteiger partial charge on any atom is -0.497 e. The summed E-state index contributed by atoms with van der Waals surface area (Å²) in [6.45, 7) is 2.05. The summed E-state index contributed by atoms with van der Waals surface area (Å²) in [7, 11) is 3.62. The number of aromatic amines is 1. The van der Waals surface area contributed by atoms with Crippen molar-refractivity contribution in [2.45, 2.75) is 13.3 Å². The molecule has 5 nitrogen and oxygen atoms in total. The zero-order valence-corrected chi connectivity index (χ0v) is 16.1. The summed E-state index contributed by atoms with van der Waals surface area (Å²) >= 11 is 0. The number of hydrogen-bond acceptors (Lipinski definition) is 2. The molecule has 28 heavy (non-hydrogen) atoms. The maximum absolute atomic E-state index is 12.0. The second-order valence-corrected chi connectivity index (χ2v) is 6.78. The Morgan fingerprint density at radius 2 is 1.89 bits per heavy atom. The van der Waals surface area contributed by atoms with Crippen LogP contribution >= 0.6 is 0 Å². The van der Waals surface area contributed by atoms with E-state index in [0.29, 0.717) is 6.42 Å². The van der Waals surface area contributed by atoms with Crippen molar-refractivity contribution in [1.82, 2.24) is 9.55 Å². The molecule has 4 rings (SSSR count). The van der Waals surface area contributed by atoms with Gasteiger partial charge in [-0.15, -0.1) is 0 Å². The molecule has 2 heterocycles. The molecule has 0 spiro atoms. The van der Waals surface area contributed by atoms with Gasteiger partial charge in [0, 0.05) is 35.3 Å². The first-order valence-corrected chi connectivity index (χ1v) is 9.22. The highest BCUT2D eigenvalue weighted by atomic mass is 16.5. The fraction of sp³-hybridized carbons (Fsp3) is 0.174. The number of carboxylic acids is 1. The Labute approximate surface area is 163 Å². The number of carboxylic acid groups (broad SMARTS) is 1. The van der Waals surface area contributed by atoms with E-state index >= 15 is 0 Å². The van der Waals surface area contributed by atoms with Crippen LogP contribution in [0.3, 0.4) is 0 Å². The predicted molar refractivity (Wildman–Crippen MR) is 111 cm³/mol. The van der Waals surface area contributed by atoms with Crippen LogP contribution in [0, 0.1) is 0 Å². The van der Waals surface area contributed by atoms with E-state index in [-0.39, 0.29) is 5.69 Å². The summed E-state index contributed by atoms with van der Waals surface area (Å²) in [6.07, 6.45) is 2.73. The summed E-state index contributed by atoms with van der Waals surface area (Å²) in [5.74, 6) is -0.226. The Kier molecular flexibility index (Phi) is 4.43. The standard InChI is InChI=1S/C23H22N2O3/c1-4-16-20(14-8-10-15(28-3)11-9-14)22(23(26)27)24-21(16)18-6-5-7-19-17(18)12-13-25(19)2/h5-13,24H,4H2,1-3H3,(H,26,27). The van der Waals surface area contributed by atoms with Crippen molar-refractivity contribution in [3.05, 3.63) is 66.0 Å². The Hall–Kier alpha value is -3.47. The van der Waals surface area contributed by atoms with Crippen LogP contribution in [-0.4, -0.2) is 27.7 Å². The van der Waals surface area contributed by atoms with Crippen molar-refractivity contribution >= 4 is 16.9 Å². The average molecular weight is 374 g/mol. The smallest absolute Gasteiger partial charge is 0.352 e.